The maximum atomic E-state index is 12.5. The highest BCUT2D eigenvalue weighted by Gasteiger charge is 2.35. The standard InChI is InChI=1S/C26H27N3O5S/c1-2-33-21-9-5-19(6-10-21)28-24(30)17-34-22-11-7-20(8-12-22)29-16-18(14-25(29)31)26(32)27-15-23-4-3-13-35-23/h3-13,18H,2,14-17H2,1H3,(H,27,32)(H,28,30)/t18-/m1/s1. The van der Waals surface area contributed by atoms with E-state index in [1.807, 2.05) is 24.4 Å². The van der Waals surface area contributed by atoms with Crippen LogP contribution in [0.5, 0.6) is 11.5 Å². The van der Waals surface area contributed by atoms with Crippen molar-refractivity contribution in [2.75, 3.05) is 30.0 Å². The van der Waals surface area contributed by atoms with Gasteiger partial charge in [0.05, 0.1) is 19.1 Å². The minimum Gasteiger partial charge on any atom is -0.494 e. The number of benzene rings is 2. The molecule has 3 amide bonds. The van der Waals surface area contributed by atoms with Crippen molar-refractivity contribution in [2.45, 2.75) is 19.9 Å². The quantitative estimate of drug-likeness (QED) is 0.447. The summed E-state index contributed by atoms with van der Waals surface area (Å²) < 4.78 is 11.0. The molecule has 1 aliphatic rings. The molecule has 1 atom stereocenters. The molecular weight excluding hydrogens is 466 g/mol. The van der Waals surface area contributed by atoms with Crippen molar-refractivity contribution in [1.82, 2.24) is 5.32 Å². The van der Waals surface area contributed by atoms with Gasteiger partial charge in [-0.3, -0.25) is 14.4 Å². The van der Waals surface area contributed by atoms with Crippen LogP contribution in [0.4, 0.5) is 11.4 Å². The van der Waals surface area contributed by atoms with Gasteiger partial charge in [0.1, 0.15) is 11.5 Å². The molecule has 0 aliphatic carbocycles. The third-order valence-corrected chi connectivity index (χ3v) is 6.36. The van der Waals surface area contributed by atoms with Gasteiger partial charge in [-0.15, -0.1) is 11.3 Å². The van der Waals surface area contributed by atoms with Crippen LogP contribution in [0.1, 0.15) is 18.2 Å². The number of anilines is 2. The molecule has 1 aromatic heterocycles. The lowest BCUT2D eigenvalue weighted by Crippen LogP contribution is -2.32. The first-order chi connectivity index (χ1) is 17.0. The van der Waals surface area contributed by atoms with E-state index in [4.69, 9.17) is 9.47 Å². The van der Waals surface area contributed by atoms with Gasteiger partial charge in [0.2, 0.25) is 11.8 Å². The molecule has 1 fully saturated rings. The molecule has 3 aromatic rings. The van der Waals surface area contributed by atoms with Gasteiger partial charge < -0.3 is 25.0 Å². The molecule has 35 heavy (non-hydrogen) atoms. The average Bonchev–Trinajstić information content (AvgIpc) is 3.53. The monoisotopic (exact) mass is 493 g/mol. The highest BCUT2D eigenvalue weighted by molar-refractivity contribution is 7.09. The molecule has 0 spiro atoms. The first-order valence-electron chi connectivity index (χ1n) is 11.4. The molecule has 8 nitrogen and oxygen atoms in total. The van der Waals surface area contributed by atoms with Crippen molar-refractivity contribution in [3.05, 3.63) is 70.9 Å². The number of hydrogen-bond acceptors (Lipinski definition) is 6. The number of carbonyl (C=O) groups excluding carboxylic acids is 3. The van der Waals surface area contributed by atoms with Gasteiger partial charge in [0, 0.05) is 29.2 Å². The van der Waals surface area contributed by atoms with Gasteiger partial charge in [-0.05, 0) is 66.9 Å². The molecule has 182 valence electrons. The van der Waals surface area contributed by atoms with Gasteiger partial charge >= 0.3 is 0 Å². The highest BCUT2D eigenvalue weighted by Crippen LogP contribution is 2.27. The third-order valence-electron chi connectivity index (χ3n) is 5.48. The summed E-state index contributed by atoms with van der Waals surface area (Å²) in [6.07, 6.45) is 0.181. The Morgan fingerprint density at radius 3 is 2.43 bits per heavy atom. The fourth-order valence-corrected chi connectivity index (χ4v) is 4.38. The number of rotatable bonds is 10. The normalized spacial score (nSPS) is 15.1. The molecule has 4 rings (SSSR count). The Balaban J connectivity index is 1.24. The zero-order chi connectivity index (χ0) is 24.6. The molecule has 1 saturated heterocycles. The molecule has 2 N–H and O–H groups in total. The average molecular weight is 494 g/mol. The van der Waals surface area contributed by atoms with Crippen molar-refractivity contribution in [1.29, 1.82) is 0 Å². The Morgan fingerprint density at radius 1 is 1.03 bits per heavy atom. The Bertz CT molecular complexity index is 1150. The van der Waals surface area contributed by atoms with Crippen LogP contribution in [-0.4, -0.2) is 37.5 Å². The topological polar surface area (TPSA) is 97.0 Å². The van der Waals surface area contributed by atoms with Gasteiger partial charge in [-0.1, -0.05) is 6.07 Å². The SMILES string of the molecule is CCOc1ccc(NC(=O)COc2ccc(N3C[C@H](C(=O)NCc4cccs4)CC3=O)cc2)cc1. The summed E-state index contributed by atoms with van der Waals surface area (Å²) in [5.74, 6) is 0.364. The van der Waals surface area contributed by atoms with Crippen LogP contribution in [0, 0.1) is 5.92 Å². The van der Waals surface area contributed by atoms with Crippen LogP contribution in [0.3, 0.4) is 0 Å². The van der Waals surface area contributed by atoms with Crippen molar-refractivity contribution in [2.24, 2.45) is 5.92 Å². The largest absolute Gasteiger partial charge is 0.494 e. The Kier molecular flexibility index (Phi) is 7.99. The summed E-state index contributed by atoms with van der Waals surface area (Å²) in [7, 11) is 0. The Hall–Kier alpha value is -3.85. The van der Waals surface area contributed by atoms with Crippen LogP contribution >= 0.6 is 11.3 Å². The Labute approximate surface area is 207 Å². The van der Waals surface area contributed by atoms with Gasteiger partial charge in [0.25, 0.3) is 5.91 Å². The van der Waals surface area contributed by atoms with E-state index in [2.05, 4.69) is 10.6 Å². The van der Waals surface area contributed by atoms with Crippen LogP contribution in [0.25, 0.3) is 0 Å². The van der Waals surface area contributed by atoms with Gasteiger partial charge in [0.15, 0.2) is 6.61 Å². The second-order valence-electron chi connectivity index (χ2n) is 7.99. The van der Waals surface area contributed by atoms with Crippen molar-refractivity contribution in [3.63, 3.8) is 0 Å². The number of amides is 3. The maximum Gasteiger partial charge on any atom is 0.262 e. The fraction of sp³-hybridized carbons (Fsp3) is 0.269. The first kappa shape index (κ1) is 24.3. The second-order valence-corrected chi connectivity index (χ2v) is 9.02. The maximum absolute atomic E-state index is 12.5. The third kappa shape index (κ3) is 6.60. The van der Waals surface area contributed by atoms with Crippen LogP contribution < -0.4 is 25.0 Å². The number of nitrogens with zero attached hydrogens (tertiary/aromatic N) is 1. The summed E-state index contributed by atoms with van der Waals surface area (Å²) in [5.41, 5.74) is 1.34. The summed E-state index contributed by atoms with van der Waals surface area (Å²) in [4.78, 5) is 39.9. The molecule has 0 radical (unpaired) electrons. The summed E-state index contributed by atoms with van der Waals surface area (Å²) in [5, 5.41) is 7.64. The van der Waals surface area contributed by atoms with E-state index in [1.54, 1.807) is 64.8 Å². The molecule has 1 aliphatic heterocycles. The lowest BCUT2D eigenvalue weighted by Gasteiger charge is -2.17. The molecule has 2 heterocycles. The lowest BCUT2D eigenvalue weighted by molar-refractivity contribution is -0.126. The number of hydrogen-bond donors (Lipinski definition) is 2. The molecule has 2 aromatic carbocycles. The van der Waals surface area contributed by atoms with E-state index >= 15 is 0 Å². The predicted molar refractivity (Wildman–Crippen MR) is 135 cm³/mol. The summed E-state index contributed by atoms with van der Waals surface area (Å²) >= 11 is 1.58. The predicted octanol–water partition coefficient (Wildman–Crippen LogP) is 3.83. The highest BCUT2D eigenvalue weighted by atomic mass is 32.1. The minimum absolute atomic E-state index is 0.0929. The van der Waals surface area contributed by atoms with E-state index in [9.17, 15) is 14.4 Å². The van der Waals surface area contributed by atoms with E-state index < -0.39 is 0 Å². The summed E-state index contributed by atoms with van der Waals surface area (Å²) in [6.45, 7) is 3.14. The van der Waals surface area contributed by atoms with Gasteiger partial charge in [-0.2, -0.15) is 0 Å². The zero-order valence-corrected chi connectivity index (χ0v) is 20.2. The molecular formula is C26H27N3O5S. The first-order valence-corrected chi connectivity index (χ1v) is 12.3. The van der Waals surface area contributed by atoms with Crippen LogP contribution in [0.15, 0.2) is 66.0 Å². The summed E-state index contributed by atoms with van der Waals surface area (Å²) in [6, 6.07) is 17.9. The fourth-order valence-electron chi connectivity index (χ4n) is 3.73. The van der Waals surface area contributed by atoms with Gasteiger partial charge in [-0.25, -0.2) is 0 Å². The lowest BCUT2D eigenvalue weighted by atomic mass is 10.1. The van der Waals surface area contributed by atoms with Crippen LogP contribution in [0.2, 0.25) is 0 Å². The number of thiophene rings is 1. The number of nitrogens with one attached hydrogen (secondary N) is 2. The molecule has 9 heteroatoms. The van der Waals surface area contributed by atoms with Crippen molar-refractivity contribution in [3.8, 4) is 11.5 Å². The van der Waals surface area contributed by atoms with Crippen molar-refractivity contribution >= 4 is 40.4 Å². The van der Waals surface area contributed by atoms with Crippen LogP contribution in [-0.2, 0) is 20.9 Å². The molecule has 0 saturated carbocycles. The van der Waals surface area contributed by atoms with E-state index in [-0.39, 0.29) is 36.7 Å². The van der Waals surface area contributed by atoms with E-state index in [0.717, 1.165) is 10.6 Å². The van der Waals surface area contributed by atoms with E-state index in [0.29, 0.717) is 36.8 Å². The number of ether oxygens (including phenoxy) is 2. The zero-order valence-electron chi connectivity index (χ0n) is 19.4. The minimum atomic E-state index is -0.385. The second kappa shape index (κ2) is 11.5. The Morgan fingerprint density at radius 2 is 1.74 bits per heavy atom. The molecule has 0 unspecified atom stereocenters. The molecule has 0 bridgehead atoms. The number of carbonyl (C=O) groups is 3. The van der Waals surface area contributed by atoms with Crippen molar-refractivity contribution < 1.29 is 23.9 Å². The smallest absolute Gasteiger partial charge is 0.262 e. The van der Waals surface area contributed by atoms with E-state index in [1.165, 1.54) is 0 Å².